The quantitative estimate of drug-likeness (QED) is 0.384. The largest absolute Gasteiger partial charge is 0.381 e. The van der Waals surface area contributed by atoms with Gasteiger partial charge in [0.1, 0.15) is 17.2 Å². The van der Waals surface area contributed by atoms with Crippen molar-refractivity contribution in [2.45, 2.75) is 12.0 Å². The Morgan fingerprint density at radius 2 is 2.07 bits per heavy atom. The molecule has 1 unspecified atom stereocenters. The van der Waals surface area contributed by atoms with Crippen LogP contribution < -0.4 is 11.1 Å². The number of ether oxygens (including phenoxy) is 2. The average molecular weight is 489 g/mol. The molecule has 0 saturated carbocycles. The van der Waals surface area contributed by atoms with Crippen LogP contribution in [-0.4, -0.2) is 32.8 Å². The Bertz CT molecular complexity index is 819. The molecule has 1 aliphatic rings. The molecule has 1 atom stereocenters. The molecule has 27 heavy (non-hydrogen) atoms. The molecule has 2 aromatic rings. The van der Waals surface area contributed by atoms with Crippen LogP contribution in [0.1, 0.15) is 11.1 Å². The molecule has 5 nitrogen and oxygen atoms in total. The minimum atomic E-state index is -0.767. The van der Waals surface area contributed by atoms with E-state index in [9.17, 15) is 8.78 Å². The fourth-order valence-electron chi connectivity index (χ4n) is 3.13. The number of nitrogens with one attached hydrogen (secondary N) is 1. The number of nitrogens with zero attached hydrogens (tertiary/aromatic N) is 1. The number of anilines is 1. The first-order valence-electron chi connectivity index (χ1n) is 8.27. The van der Waals surface area contributed by atoms with Crippen LogP contribution in [0.3, 0.4) is 0 Å². The third-order valence-corrected chi connectivity index (χ3v) is 4.33. The lowest BCUT2D eigenvalue weighted by Crippen LogP contribution is -2.43. The number of nitrogens with two attached hydrogens (primary N) is 1. The maximum atomic E-state index is 13.7. The number of benzene rings is 2. The Labute approximate surface area is 174 Å². The SMILES string of the molecule is COCC1(CN=C(N)Nc2cc(F)ccc2F)OCCc2ccccc21.I. The van der Waals surface area contributed by atoms with Crippen molar-refractivity contribution in [2.24, 2.45) is 10.7 Å². The molecule has 0 fully saturated rings. The fraction of sp³-hybridized carbons (Fsp3) is 0.316. The molecule has 3 rings (SSSR count). The number of rotatable bonds is 5. The molecule has 2 aromatic carbocycles. The zero-order valence-electron chi connectivity index (χ0n) is 14.9. The molecule has 0 aromatic heterocycles. The summed E-state index contributed by atoms with van der Waals surface area (Å²) in [4.78, 5) is 4.29. The summed E-state index contributed by atoms with van der Waals surface area (Å²) in [7, 11) is 1.59. The molecule has 0 bridgehead atoms. The molecule has 1 aliphatic heterocycles. The van der Waals surface area contributed by atoms with Gasteiger partial charge in [0.2, 0.25) is 0 Å². The van der Waals surface area contributed by atoms with Gasteiger partial charge in [0.05, 0.1) is 25.4 Å². The minimum absolute atomic E-state index is 0. The van der Waals surface area contributed by atoms with Crippen LogP contribution >= 0.6 is 24.0 Å². The number of fused-ring (bicyclic) bond motifs is 1. The van der Waals surface area contributed by atoms with Gasteiger partial charge in [-0.2, -0.15) is 0 Å². The maximum absolute atomic E-state index is 13.7. The second-order valence-electron chi connectivity index (χ2n) is 6.13. The summed E-state index contributed by atoms with van der Waals surface area (Å²) >= 11 is 0. The van der Waals surface area contributed by atoms with Gasteiger partial charge in [0, 0.05) is 13.2 Å². The molecule has 3 N–H and O–H groups in total. The van der Waals surface area contributed by atoms with Crippen LogP contribution in [0.4, 0.5) is 14.5 Å². The molecular formula is C19H22F2IN3O2. The second kappa shape index (κ2) is 9.43. The van der Waals surface area contributed by atoms with Crippen molar-refractivity contribution in [3.05, 3.63) is 65.2 Å². The van der Waals surface area contributed by atoms with Gasteiger partial charge in [-0.1, -0.05) is 24.3 Å². The molecule has 0 amide bonds. The Kier molecular flexibility index (Phi) is 7.51. The Morgan fingerprint density at radius 1 is 1.30 bits per heavy atom. The Balaban J connectivity index is 0.00000261. The summed E-state index contributed by atoms with van der Waals surface area (Å²) in [6.45, 7) is 1.03. The van der Waals surface area contributed by atoms with E-state index in [0.29, 0.717) is 13.2 Å². The smallest absolute Gasteiger partial charge is 0.193 e. The van der Waals surface area contributed by atoms with Crippen molar-refractivity contribution in [3.63, 3.8) is 0 Å². The highest BCUT2D eigenvalue weighted by atomic mass is 127. The lowest BCUT2D eigenvalue weighted by molar-refractivity contribution is -0.0959. The van der Waals surface area contributed by atoms with E-state index in [0.717, 1.165) is 30.2 Å². The van der Waals surface area contributed by atoms with Gasteiger partial charge < -0.3 is 20.5 Å². The van der Waals surface area contributed by atoms with Crippen LogP contribution in [0.25, 0.3) is 0 Å². The van der Waals surface area contributed by atoms with E-state index >= 15 is 0 Å². The van der Waals surface area contributed by atoms with Gasteiger partial charge in [0.15, 0.2) is 5.96 Å². The monoisotopic (exact) mass is 489 g/mol. The number of halogens is 3. The predicted molar refractivity (Wildman–Crippen MR) is 112 cm³/mol. The summed E-state index contributed by atoms with van der Waals surface area (Å²) in [5.74, 6) is -1.21. The first-order chi connectivity index (χ1) is 12.5. The Morgan fingerprint density at radius 3 is 2.85 bits per heavy atom. The van der Waals surface area contributed by atoms with E-state index in [2.05, 4.69) is 16.4 Å². The number of guanidine groups is 1. The van der Waals surface area contributed by atoms with Gasteiger partial charge >= 0.3 is 0 Å². The van der Waals surface area contributed by atoms with E-state index in [1.54, 1.807) is 7.11 Å². The average Bonchev–Trinajstić information content (AvgIpc) is 2.64. The van der Waals surface area contributed by atoms with Crippen LogP contribution in [0.2, 0.25) is 0 Å². The summed E-state index contributed by atoms with van der Waals surface area (Å²) in [6.07, 6.45) is 0.813. The summed E-state index contributed by atoms with van der Waals surface area (Å²) < 4.78 is 38.4. The van der Waals surface area contributed by atoms with Crippen molar-refractivity contribution >= 4 is 35.6 Å². The molecule has 146 valence electrons. The zero-order valence-corrected chi connectivity index (χ0v) is 17.2. The lowest BCUT2D eigenvalue weighted by Gasteiger charge is -2.37. The van der Waals surface area contributed by atoms with Crippen LogP contribution in [-0.2, 0) is 21.5 Å². The van der Waals surface area contributed by atoms with Gasteiger partial charge in [-0.05, 0) is 29.7 Å². The van der Waals surface area contributed by atoms with Gasteiger partial charge in [0.25, 0.3) is 0 Å². The molecule has 0 aliphatic carbocycles. The van der Waals surface area contributed by atoms with Crippen molar-refractivity contribution in [3.8, 4) is 0 Å². The maximum Gasteiger partial charge on any atom is 0.193 e. The van der Waals surface area contributed by atoms with Crippen LogP contribution in [0.15, 0.2) is 47.5 Å². The molecule has 0 spiro atoms. The first kappa shape index (κ1) is 21.5. The van der Waals surface area contributed by atoms with Gasteiger partial charge in [-0.15, -0.1) is 24.0 Å². The van der Waals surface area contributed by atoms with Crippen LogP contribution in [0.5, 0.6) is 0 Å². The molecule has 0 radical (unpaired) electrons. The van der Waals surface area contributed by atoms with Crippen molar-refractivity contribution in [1.29, 1.82) is 0 Å². The Hall–Kier alpha value is -1.78. The highest BCUT2D eigenvalue weighted by Crippen LogP contribution is 2.34. The predicted octanol–water partition coefficient (Wildman–Crippen LogP) is 3.42. The molecule has 1 heterocycles. The summed E-state index contributed by atoms with van der Waals surface area (Å²) in [5.41, 5.74) is 7.21. The molecule has 0 saturated heterocycles. The zero-order chi connectivity index (χ0) is 18.6. The van der Waals surface area contributed by atoms with E-state index in [1.165, 1.54) is 5.56 Å². The van der Waals surface area contributed by atoms with Gasteiger partial charge in [-0.25, -0.2) is 13.8 Å². The molecular weight excluding hydrogens is 467 g/mol. The number of hydrogen-bond donors (Lipinski definition) is 2. The third kappa shape index (κ3) is 4.94. The standard InChI is InChI=1S/C19H21F2N3O2.HI/c1-25-12-19(15-5-3-2-4-13(15)8-9-26-19)11-23-18(22)24-17-10-14(20)6-7-16(17)21;/h2-7,10H,8-9,11-12H2,1H3,(H3,22,23,24);1H. The molecule has 8 heteroatoms. The van der Waals surface area contributed by atoms with E-state index in [-0.39, 0.29) is 42.2 Å². The highest BCUT2D eigenvalue weighted by Gasteiger charge is 2.38. The highest BCUT2D eigenvalue weighted by molar-refractivity contribution is 14.0. The summed E-state index contributed by atoms with van der Waals surface area (Å²) in [5, 5.41) is 2.59. The van der Waals surface area contributed by atoms with E-state index in [1.807, 2.05) is 18.2 Å². The van der Waals surface area contributed by atoms with Crippen molar-refractivity contribution in [2.75, 3.05) is 32.2 Å². The van der Waals surface area contributed by atoms with Crippen LogP contribution in [0, 0.1) is 11.6 Å². The summed E-state index contributed by atoms with van der Waals surface area (Å²) in [6, 6.07) is 11.0. The normalized spacial score (nSPS) is 19.1. The fourth-order valence-corrected chi connectivity index (χ4v) is 3.13. The van der Waals surface area contributed by atoms with Gasteiger partial charge in [-0.3, -0.25) is 0 Å². The van der Waals surface area contributed by atoms with Crippen molar-refractivity contribution < 1.29 is 18.3 Å². The lowest BCUT2D eigenvalue weighted by atomic mass is 9.86. The minimum Gasteiger partial charge on any atom is -0.381 e. The van der Waals surface area contributed by atoms with Crippen molar-refractivity contribution in [1.82, 2.24) is 0 Å². The van der Waals surface area contributed by atoms with E-state index < -0.39 is 17.2 Å². The second-order valence-corrected chi connectivity index (χ2v) is 6.13. The topological polar surface area (TPSA) is 68.9 Å². The number of aliphatic imine (C=N–C) groups is 1. The van der Waals surface area contributed by atoms with E-state index in [4.69, 9.17) is 15.2 Å². The first-order valence-corrected chi connectivity index (χ1v) is 8.27. The number of methoxy groups -OCH3 is 1. The number of hydrogen-bond acceptors (Lipinski definition) is 3. The third-order valence-electron chi connectivity index (χ3n) is 4.33.